The zero-order valence-electron chi connectivity index (χ0n) is 18.5. The first-order valence-electron chi connectivity index (χ1n) is 10.9. The fraction of sp³-hybridized carbons (Fsp3) is 0.320. The summed E-state index contributed by atoms with van der Waals surface area (Å²) in [7, 11) is 1.56. The lowest BCUT2D eigenvalue weighted by atomic mass is 9.91. The lowest BCUT2D eigenvalue weighted by Crippen LogP contribution is -2.37. The van der Waals surface area contributed by atoms with E-state index in [4.69, 9.17) is 14.7 Å². The van der Waals surface area contributed by atoms with E-state index in [-0.39, 0.29) is 12.1 Å². The molecule has 6 nitrogen and oxygen atoms in total. The van der Waals surface area contributed by atoms with E-state index in [2.05, 4.69) is 9.97 Å². The van der Waals surface area contributed by atoms with Gasteiger partial charge in [0.2, 0.25) is 0 Å². The van der Waals surface area contributed by atoms with E-state index in [1.807, 2.05) is 11.0 Å². The molecule has 1 aromatic carbocycles. The van der Waals surface area contributed by atoms with E-state index in [9.17, 15) is 13.2 Å². The molecule has 0 radical (unpaired) electrons. The number of methoxy groups -OCH3 is 1. The number of benzene rings is 1. The lowest BCUT2D eigenvalue weighted by Gasteiger charge is -2.38. The number of nitriles is 1. The first-order chi connectivity index (χ1) is 16.4. The number of aromatic nitrogens is 2. The van der Waals surface area contributed by atoms with E-state index in [0.717, 1.165) is 37.8 Å². The molecule has 176 valence electrons. The molecule has 2 heterocycles. The minimum absolute atomic E-state index is 0.0174. The minimum atomic E-state index is -4.40. The average molecular weight is 468 g/mol. The molecule has 0 N–H and O–H groups in total. The number of rotatable bonds is 6. The van der Waals surface area contributed by atoms with Crippen LogP contribution in [0.15, 0.2) is 61.1 Å². The van der Waals surface area contributed by atoms with Crippen molar-refractivity contribution < 1.29 is 22.6 Å². The van der Waals surface area contributed by atoms with Crippen LogP contribution in [0.3, 0.4) is 0 Å². The van der Waals surface area contributed by atoms with Gasteiger partial charge in [0.25, 0.3) is 0 Å². The summed E-state index contributed by atoms with van der Waals surface area (Å²) in [6.45, 7) is 0. The third-order valence-electron chi connectivity index (χ3n) is 5.88. The fourth-order valence-electron chi connectivity index (χ4n) is 4.21. The molecule has 1 saturated carbocycles. The smallest absolute Gasteiger partial charge is 0.416 e. The predicted octanol–water partition coefficient (Wildman–Crippen LogP) is 5.90. The molecule has 3 aromatic rings. The van der Waals surface area contributed by atoms with Crippen LogP contribution in [0.2, 0.25) is 0 Å². The lowest BCUT2D eigenvalue weighted by molar-refractivity contribution is -0.137. The number of hydrogen-bond acceptors (Lipinski definition) is 6. The van der Waals surface area contributed by atoms with Crippen molar-refractivity contribution in [3.8, 4) is 17.6 Å². The van der Waals surface area contributed by atoms with Gasteiger partial charge in [-0.2, -0.15) is 18.4 Å². The van der Waals surface area contributed by atoms with Crippen molar-refractivity contribution in [2.75, 3.05) is 12.0 Å². The van der Waals surface area contributed by atoms with Crippen LogP contribution in [0.5, 0.6) is 11.5 Å². The van der Waals surface area contributed by atoms with Gasteiger partial charge in [0.15, 0.2) is 0 Å². The molecule has 0 saturated heterocycles. The summed E-state index contributed by atoms with van der Waals surface area (Å²) in [6, 6.07) is 12.2. The molecule has 34 heavy (non-hydrogen) atoms. The highest BCUT2D eigenvalue weighted by molar-refractivity contribution is 5.69. The Bertz CT molecular complexity index is 1140. The van der Waals surface area contributed by atoms with Gasteiger partial charge in [0.1, 0.15) is 28.9 Å². The Morgan fingerprint density at radius 1 is 1.00 bits per heavy atom. The first kappa shape index (κ1) is 23.4. The third kappa shape index (κ3) is 5.22. The minimum Gasteiger partial charge on any atom is -0.494 e. The molecule has 4 rings (SSSR count). The summed E-state index contributed by atoms with van der Waals surface area (Å²) in [4.78, 5) is 10.3. The van der Waals surface area contributed by atoms with Gasteiger partial charge in [-0.25, -0.2) is 4.98 Å². The van der Waals surface area contributed by atoms with Crippen LogP contribution >= 0.6 is 0 Å². The maximum absolute atomic E-state index is 13.1. The summed E-state index contributed by atoms with van der Waals surface area (Å²) >= 11 is 0. The largest absolute Gasteiger partial charge is 0.494 e. The van der Waals surface area contributed by atoms with Crippen molar-refractivity contribution >= 4 is 11.4 Å². The number of pyridine rings is 2. The molecule has 1 fully saturated rings. The Hall–Kier alpha value is -3.80. The Morgan fingerprint density at radius 2 is 1.74 bits per heavy atom. The molecule has 9 heteroatoms. The number of halogens is 3. The quantitative estimate of drug-likeness (QED) is 0.448. The van der Waals surface area contributed by atoms with Crippen molar-refractivity contribution in [2.24, 2.45) is 0 Å². The molecule has 0 atom stereocenters. The molecule has 0 aliphatic heterocycles. The van der Waals surface area contributed by atoms with Crippen molar-refractivity contribution in [1.29, 1.82) is 5.26 Å². The van der Waals surface area contributed by atoms with E-state index in [0.29, 0.717) is 28.6 Å². The van der Waals surface area contributed by atoms with Crippen molar-refractivity contribution in [1.82, 2.24) is 9.97 Å². The summed E-state index contributed by atoms with van der Waals surface area (Å²) in [5.41, 5.74) is 0.974. The van der Waals surface area contributed by atoms with Gasteiger partial charge in [-0.3, -0.25) is 4.98 Å². The molecular weight excluding hydrogens is 445 g/mol. The molecule has 0 spiro atoms. The number of nitrogens with zero attached hydrogens (tertiary/aromatic N) is 4. The predicted molar refractivity (Wildman–Crippen MR) is 120 cm³/mol. The van der Waals surface area contributed by atoms with E-state index < -0.39 is 11.7 Å². The van der Waals surface area contributed by atoms with Gasteiger partial charge in [0, 0.05) is 24.0 Å². The number of ether oxygens (including phenoxy) is 2. The second-order valence-corrected chi connectivity index (χ2v) is 8.00. The average Bonchev–Trinajstić information content (AvgIpc) is 2.86. The zero-order valence-corrected chi connectivity index (χ0v) is 18.5. The zero-order chi connectivity index (χ0) is 24.1. The molecule has 0 amide bonds. The standard InChI is InChI=1S/C25H23F3N4O2/c1-33-24-12-13-30-16-23(24)32(19-5-2-17(3-6-19)25(26,27)28)20-7-10-21(11-8-20)34-22-9-4-18(14-29)31-15-22/h2-6,9,12-13,15-16,20-21H,7-8,10-11H2,1H3. The Morgan fingerprint density at radius 3 is 2.32 bits per heavy atom. The van der Waals surface area contributed by atoms with Crippen LogP contribution in [-0.2, 0) is 6.18 Å². The first-order valence-corrected chi connectivity index (χ1v) is 10.9. The maximum Gasteiger partial charge on any atom is 0.416 e. The number of alkyl halides is 3. The summed E-state index contributed by atoms with van der Waals surface area (Å²) in [5, 5.41) is 8.88. The van der Waals surface area contributed by atoms with Crippen LogP contribution < -0.4 is 14.4 Å². The summed E-state index contributed by atoms with van der Waals surface area (Å²) in [5.74, 6) is 1.20. The number of anilines is 2. The molecule has 1 aliphatic rings. The summed E-state index contributed by atoms with van der Waals surface area (Å²) < 4.78 is 50.9. The molecule has 1 aliphatic carbocycles. The highest BCUT2D eigenvalue weighted by atomic mass is 19.4. The van der Waals surface area contributed by atoms with Gasteiger partial charge < -0.3 is 14.4 Å². The van der Waals surface area contributed by atoms with E-state index in [1.54, 1.807) is 43.9 Å². The Kier molecular flexibility index (Phi) is 6.87. The van der Waals surface area contributed by atoms with Crippen LogP contribution in [0.4, 0.5) is 24.5 Å². The SMILES string of the molecule is COc1ccncc1N(c1ccc(C(F)(F)F)cc1)C1CCC(Oc2ccc(C#N)nc2)CC1. The van der Waals surface area contributed by atoms with Crippen LogP contribution in [-0.4, -0.2) is 29.2 Å². The molecule has 0 unspecified atom stereocenters. The van der Waals surface area contributed by atoms with Gasteiger partial charge in [-0.15, -0.1) is 0 Å². The Labute approximate surface area is 195 Å². The van der Waals surface area contributed by atoms with Crippen molar-refractivity contribution in [3.63, 3.8) is 0 Å². The van der Waals surface area contributed by atoms with Gasteiger partial charge in [0.05, 0.1) is 31.2 Å². The Balaban J connectivity index is 1.54. The highest BCUT2D eigenvalue weighted by Crippen LogP contribution is 2.40. The van der Waals surface area contributed by atoms with Crippen LogP contribution in [0, 0.1) is 11.3 Å². The van der Waals surface area contributed by atoms with E-state index in [1.165, 1.54) is 12.1 Å². The second-order valence-electron chi connectivity index (χ2n) is 8.00. The third-order valence-corrected chi connectivity index (χ3v) is 5.88. The van der Waals surface area contributed by atoms with E-state index >= 15 is 0 Å². The van der Waals surface area contributed by atoms with Crippen LogP contribution in [0.25, 0.3) is 0 Å². The molecule has 2 aromatic heterocycles. The molecule has 0 bridgehead atoms. The monoisotopic (exact) mass is 468 g/mol. The fourth-order valence-corrected chi connectivity index (χ4v) is 4.21. The second kappa shape index (κ2) is 10.00. The van der Waals surface area contributed by atoms with Gasteiger partial charge in [-0.1, -0.05) is 0 Å². The normalized spacial score (nSPS) is 18.1. The highest BCUT2D eigenvalue weighted by Gasteiger charge is 2.32. The van der Waals surface area contributed by atoms with Crippen LogP contribution in [0.1, 0.15) is 36.9 Å². The van der Waals surface area contributed by atoms with Gasteiger partial charge in [-0.05, 0) is 62.1 Å². The maximum atomic E-state index is 13.1. The topological polar surface area (TPSA) is 71.3 Å². The number of hydrogen-bond donors (Lipinski definition) is 0. The molecular formula is C25H23F3N4O2. The van der Waals surface area contributed by atoms with Crippen molar-refractivity contribution in [2.45, 2.75) is 44.0 Å². The van der Waals surface area contributed by atoms with Crippen molar-refractivity contribution in [3.05, 3.63) is 72.3 Å². The summed E-state index contributed by atoms with van der Waals surface area (Å²) in [6.07, 6.45) is 3.43. The van der Waals surface area contributed by atoms with Gasteiger partial charge >= 0.3 is 6.18 Å².